The summed E-state index contributed by atoms with van der Waals surface area (Å²) in [5.41, 5.74) is 6.53. The molecule has 0 aliphatic rings. The number of sulfonamides is 1. The zero-order chi connectivity index (χ0) is 14.9. The molecule has 0 saturated heterocycles. The lowest BCUT2D eigenvalue weighted by atomic mass is 10.2. The molecule has 0 saturated carbocycles. The molecule has 108 valence electrons. The molecule has 0 radical (unpaired) electrons. The summed E-state index contributed by atoms with van der Waals surface area (Å²) >= 11 is 3.04. The molecule has 9 heteroatoms. The van der Waals surface area contributed by atoms with Crippen molar-refractivity contribution < 1.29 is 12.8 Å². The molecular weight excluding hydrogens is 351 g/mol. The maximum Gasteiger partial charge on any atom is 0.279 e. The summed E-state index contributed by atoms with van der Waals surface area (Å²) in [7, 11) is -3.89. The van der Waals surface area contributed by atoms with E-state index in [0.29, 0.717) is 11.1 Å². The van der Waals surface area contributed by atoms with Gasteiger partial charge in [0, 0.05) is 12.1 Å². The monoisotopic (exact) mass is 362 g/mol. The van der Waals surface area contributed by atoms with Crippen LogP contribution in [0.2, 0.25) is 0 Å². The van der Waals surface area contributed by atoms with Gasteiger partial charge in [-0.25, -0.2) is 4.39 Å². The molecular formula is C11H12BrFN4O2S. The van der Waals surface area contributed by atoms with E-state index in [1.165, 1.54) is 12.3 Å². The first-order valence-corrected chi connectivity index (χ1v) is 7.83. The summed E-state index contributed by atoms with van der Waals surface area (Å²) < 4.78 is 40.5. The molecule has 1 aromatic carbocycles. The molecule has 0 unspecified atom stereocenters. The summed E-state index contributed by atoms with van der Waals surface area (Å²) in [6.45, 7) is 1.69. The molecule has 0 aliphatic carbocycles. The van der Waals surface area contributed by atoms with Gasteiger partial charge in [0.1, 0.15) is 5.82 Å². The lowest BCUT2D eigenvalue weighted by molar-refractivity contribution is 0.595. The molecule has 0 aliphatic heterocycles. The van der Waals surface area contributed by atoms with Crippen molar-refractivity contribution in [2.45, 2.75) is 18.5 Å². The number of aryl methyl sites for hydroxylation is 1. The normalized spacial score (nSPS) is 11.6. The van der Waals surface area contributed by atoms with Crippen LogP contribution >= 0.6 is 15.9 Å². The van der Waals surface area contributed by atoms with Gasteiger partial charge in [0.2, 0.25) is 0 Å². The van der Waals surface area contributed by atoms with Gasteiger partial charge in [-0.05, 0) is 40.5 Å². The van der Waals surface area contributed by atoms with E-state index in [1.807, 2.05) is 0 Å². The molecule has 0 amide bonds. The predicted octanol–water partition coefficient (Wildman–Crippen LogP) is 1.88. The molecule has 20 heavy (non-hydrogen) atoms. The minimum absolute atomic E-state index is 0.0282. The number of nitrogens with two attached hydrogens (primary N) is 1. The Balaban J connectivity index is 2.41. The number of hydrogen-bond donors (Lipinski definition) is 3. The van der Waals surface area contributed by atoms with E-state index in [0.717, 1.165) is 6.07 Å². The molecule has 0 bridgehead atoms. The third-order valence-corrected chi connectivity index (χ3v) is 4.67. The maximum atomic E-state index is 13.5. The van der Waals surface area contributed by atoms with Crippen LogP contribution in [-0.2, 0) is 16.6 Å². The Morgan fingerprint density at radius 3 is 2.85 bits per heavy atom. The van der Waals surface area contributed by atoms with Gasteiger partial charge in [-0.3, -0.25) is 9.82 Å². The number of nitrogens with zero attached hydrogens (tertiary/aromatic N) is 1. The van der Waals surface area contributed by atoms with E-state index < -0.39 is 15.8 Å². The van der Waals surface area contributed by atoms with E-state index in [1.54, 1.807) is 6.92 Å². The lowest BCUT2D eigenvalue weighted by Gasteiger charge is -2.11. The summed E-state index contributed by atoms with van der Waals surface area (Å²) in [5.74, 6) is -0.558. The zero-order valence-electron chi connectivity index (χ0n) is 10.4. The van der Waals surface area contributed by atoms with Crippen molar-refractivity contribution in [1.29, 1.82) is 0 Å². The van der Waals surface area contributed by atoms with E-state index >= 15 is 0 Å². The summed E-state index contributed by atoms with van der Waals surface area (Å²) in [4.78, 5) is 0. The van der Waals surface area contributed by atoms with Gasteiger partial charge in [-0.2, -0.15) is 13.5 Å². The first kappa shape index (κ1) is 14.9. The number of benzene rings is 1. The Morgan fingerprint density at radius 1 is 1.50 bits per heavy atom. The zero-order valence-corrected chi connectivity index (χ0v) is 12.8. The Morgan fingerprint density at radius 2 is 2.20 bits per heavy atom. The largest absolute Gasteiger partial charge is 0.326 e. The van der Waals surface area contributed by atoms with Crippen LogP contribution in [0.1, 0.15) is 11.1 Å². The van der Waals surface area contributed by atoms with Gasteiger partial charge < -0.3 is 5.73 Å². The fourth-order valence-corrected chi connectivity index (χ4v) is 3.35. The SMILES string of the molecule is Cc1cc(Br)c(F)cc1NS(=O)(=O)c1[nH]ncc1CN. The first-order valence-electron chi connectivity index (χ1n) is 5.56. The average Bonchev–Trinajstić information content (AvgIpc) is 2.84. The third kappa shape index (κ3) is 2.84. The van der Waals surface area contributed by atoms with Gasteiger partial charge in [-0.15, -0.1) is 0 Å². The molecule has 6 nitrogen and oxygen atoms in total. The van der Waals surface area contributed by atoms with Crippen molar-refractivity contribution in [1.82, 2.24) is 10.2 Å². The van der Waals surface area contributed by atoms with Gasteiger partial charge in [0.05, 0.1) is 16.4 Å². The van der Waals surface area contributed by atoms with Gasteiger partial charge in [0.25, 0.3) is 10.0 Å². The highest BCUT2D eigenvalue weighted by Gasteiger charge is 2.21. The molecule has 1 heterocycles. The van der Waals surface area contributed by atoms with Gasteiger partial charge in [-0.1, -0.05) is 0 Å². The summed E-state index contributed by atoms with van der Waals surface area (Å²) in [5, 5.41) is 5.91. The fraction of sp³-hybridized carbons (Fsp3) is 0.182. The second-order valence-electron chi connectivity index (χ2n) is 4.12. The number of hydrogen-bond acceptors (Lipinski definition) is 4. The highest BCUT2D eigenvalue weighted by molar-refractivity contribution is 9.10. The summed E-state index contributed by atoms with van der Waals surface area (Å²) in [6.07, 6.45) is 1.34. The maximum absolute atomic E-state index is 13.5. The van der Waals surface area contributed by atoms with Crippen molar-refractivity contribution in [3.05, 3.63) is 39.7 Å². The molecule has 2 aromatic rings. The van der Waals surface area contributed by atoms with E-state index in [4.69, 9.17) is 5.73 Å². The van der Waals surface area contributed by atoms with E-state index in [2.05, 4.69) is 30.8 Å². The smallest absolute Gasteiger partial charge is 0.279 e. The van der Waals surface area contributed by atoms with Crippen LogP contribution in [0.3, 0.4) is 0 Å². The van der Waals surface area contributed by atoms with Crippen molar-refractivity contribution in [2.24, 2.45) is 5.73 Å². The van der Waals surface area contributed by atoms with Crippen LogP contribution in [0.15, 0.2) is 27.8 Å². The van der Waals surface area contributed by atoms with Crippen LogP contribution in [0.5, 0.6) is 0 Å². The molecule has 0 atom stereocenters. The first-order chi connectivity index (χ1) is 9.35. The third-order valence-electron chi connectivity index (χ3n) is 2.68. The van der Waals surface area contributed by atoms with Crippen molar-refractivity contribution >= 4 is 31.6 Å². The van der Waals surface area contributed by atoms with Crippen molar-refractivity contribution in [3.63, 3.8) is 0 Å². The number of halogens is 2. The van der Waals surface area contributed by atoms with Gasteiger partial charge in [0.15, 0.2) is 5.03 Å². The van der Waals surface area contributed by atoms with Crippen LogP contribution in [-0.4, -0.2) is 18.6 Å². The number of nitrogens with one attached hydrogen (secondary N) is 2. The van der Waals surface area contributed by atoms with Gasteiger partial charge >= 0.3 is 0 Å². The fourth-order valence-electron chi connectivity index (χ4n) is 1.63. The number of aromatic nitrogens is 2. The number of H-pyrrole nitrogens is 1. The van der Waals surface area contributed by atoms with E-state index in [-0.39, 0.29) is 21.7 Å². The lowest BCUT2D eigenvalue weighted by Crippen LogP contribution is -2.17. The topological polar surface area (TPSA) is 101 Å². The average molecular weight is 363 g/mol. The highest BCUT2D eigenvalue weighted by atomic mass is 79.9. The van der Waals surface area contributed by atoms with Crippen LogP contribution in [0, 0.1) is 12.7 Å². The second kappa shape index (κ2) is 5.51. The second-order valence-corrected chi connectivity index (χ2v) is 6.59. The predicted molar refractivity (Wildman–Crippen MR) is 76.1 cm³/mol. The Bertz CT molecular complexity index is 745. The summed E-state index contributed by atoms with van der Waals surface area (Å²) in [6, 6.07) is 2.60. The molecule has 1 aromatic heterocycles. The quantitative estimate of drug-likeness (QED) is 0.772. The Kier molecular flexibility index (Phi) is 4.11. The molecule has 2 rings (SSSR count). The van der Waals surface area contributed by atoms with E-state index in [9.17, 15) is 12.8 Å². The van der Waals surface area contributed by atoms with Crippen LogP contribution in [0.4, 0.5) is 10.1 Å². The van der Waals surface area contributed by atoms with Crippen LogP contribution in [0.25, 0.3) is 0 Å². The number of anilines is 1. The van der Waals surface area contributed by atoms with Crippen LogP contribution < -0.4 is 10.5 Å². The molecule has 4 N–H and O–H groups in total. The molecule has 0 spiro atoms. The van der Waals surface area contributed by atoms with Crippen molar-refractivity contribution in [2.75, 3.05) is 4.72 Å². The number of rotatable bonds is 4. The minimum Gasteiger partial charge on any atom is -0.326 e. The minimum atomic E-state index is -3.89. The highest BCUT2D eigenvalue weighted by Crippen LogP contribution is 2.26. The number of aromatic amines is 1. The standard InChI is InChI=1S/C11H12BrFN4O2S/c1-6-2-8(12)9(13)3-10(6)17-20(18,19)11-7(4-14)5-15-16-11/h2-3,5,17H,4,14H2,1H3,(H,15,16). The Hall–Kier alpha value is -1.45. The Labute approximate surface area is 123 Å². The molecule has 0 fully saturated rings. The van der Waals surface area contributed by atoms with Crippen molar-refractivity contribution in [3.8, 4) is 0 Å².